The van der Waals surface area contributed by atoms with E-state index >= 15 is 0 Å². The molecule has 3 amide bonds. The molecule has 6 heteroatoms. The fraction of sp³-hybridized carbons (Fsp3) is 0.227. The van der Waals surface area contributed by atoms with Gasteiger partial charge in [-0.25, -0.2) is 0 Å². The van der Waals surface area contributed by atoms with E-state index in [9.17, 15) is 14.4 Å². The third kappa shape index (κ3) is 4.65. The van der Waals surface area contributed by atoms with Gasteiger partial charge in [0.1, 0.15) is 0 Å². The van der Waals surface area contributed by atoms with Gasteiger partial charge in [-0.15, -0.1) is 6.58 Å². The lowest BCUT2D eigenvalue weighted by molar-refractivity contribution is -0.128. The topological polar surface area (TPSA) is 78.5 Å². The zero-order valence-electron chi connectivity index (χ0n) is 15.6. The molecule has 1 aliphatic heterocycles. The lowest BCUT2D eigenvalue weighted by Crippen LogP contribution is -2.29. The van der Waals surface area contributed by atoms with Crippen molar-refractivity contribution in [2.24, 2.45) is 5.92 Å². The molecule has 0 radical (unpaired) electrons. The van der Waals surface area contributed by atoms with Crippen LogP contribution in [0.1, 0.15) is 22.3 Å². The summed E-state index contributed by atoms with van der Waals surface area (Å²) in [5, 5.41) is 5.51. The van der Waals surface area contributed by atoms with Crippen LogP contribution in [0.25, 0.3) is 0 Å². The number of nitrogens with zero attached hydrogens (tertiary/aromatic N) is 1. The molecule has 2 aromatic rings. The number of hydrogen-bond donors (Lipinski definition) is 2. The summed E-state index contributed by atoms with van der Waals surface area (Å²) in [5.74, 6) is -1.03. The maximum Gasteiger partial charge on any atom is 0.253 e. The Morgan fingerprint density at radius 2 is 1.82 bits per heavy atom. The van der Waals surface area contributed by atoms with Crippen molar-refractivity contribution in [3.63, 3.8) is 0 Å². The molecule has 2 aromatic carbocycles. The summed E-state index contributed by atoms with van der Waals surface area (Å²) >= 11 is 0. The quantitative estimate of drug-likeness (QED) is 0.728. The van der Waals surface area contributed by atoms with Gasteiger partial charge in [0.2, 0.25) is 11.8 Å². The number of amides is 3. The van der Waals surface area contributed by atoms with Gasteiger partial charge in [0.25, 0.3) is 5.91 Å². The van der Waals surface area contributed by atoms with Gasteiger partial charge >= 0.3 is 0 Å². The minimum absolute atomic E-state index is 0.0407. The smallest absolute Gasteiger partial charge is 0.253 e. The second-order valence-corrected chi connectivity index (χ2v) is 6.69. The number of benzene rings is 2. The van der Waals surface area contributed by atoms with Crippen LogP contribution in [-0.4, -0.2) is 35.7 Å². The SMILES string of the molecule is C=CCNC(=O)c1ccccc1NC(=O)C1CC(=O)N(Cc2ccccc2)C1. The van der Waals surface area contributed by atoms with E-state index in [1.807, 2.05) is 30.3 Å². The molecule has 6 nitrogen and oxygen atoms in total. The molecule has 1 unspecified atom stereocenters. The fourth-order valence-corrected chi connectivity index (χ4v) is 3.19. The van der Waals surface area contributed by atoms with E-state index in [1.54, 1.807) is 35.2 Å². The minimum Gasteiger partial charge on any atom is -0.349 e. The van der Waals surface area contributed by atoms with Crippen LogP contribution in [-0.2, 0) is 16.1 Å². The first-order valence-corrected chi connectivity index (χ1v) is 9.19. The zero-order valence-corrected chi connectivity index (χ0v) is 15.6. The van der Waals surface area contributed by atoms with Crippen LogP contribution in [0.2, 0.25) is 0 Å². The van der Waals surface area contributed by atoms with Crippen molar-refractivity contribution in [1.82, 2.24) is 10.2 Å². The van der Waals surface area contributed by atoms with Crippen molar-refractivity contribution < 1.29 is 14.4 Å². The molecule has 28 heavy (non-hydrogen) atoms. The van der Waals surface area contributed by atoms with Gasteiger partial charge < -0.3 is 15.5 Å². The highest BCUT2D eigenvalue weighted by atomic mass is 16.2. The van der Waals surface area contributed by atoms with Crippen LogP contribution in [0.4, 0.5) is 5.69 Å². The summed E-state index contributed by atoms with van der Waals surface area (Å²) in [7, 11) is 0. The van der Waals surface area contributed by atoms with E-state index in [0.717, 1.165) is 5.56 Å². The Bertz CT molecular complexity index is 880. The number of nitrogens with one attached hydrogen (secondary N) is 2. The first-order chi connectivity index (χ1) is 13.6. The number of rotatable bonds is 7. The number of likely N-dealkylation sites (tertiary alicyclic amines) is 1. The summed E-state index contributed by atoms with van der Waals surface area (Å²) < 4.78 is 0. The largest absolute Gasteiger partial charge is 0.349 e. The van der Waals surface area contributed by atoms with Crippen LogP contribution in [0, 0.1) is 5.92 Å². The van der Waals surface area contributed by atoms with E-state index in [4.69, 9.17) is 0 Å². The first-order valence-electron chi connectivity index (χ1n) is 9.19. The average Bonchev–Trinajstić information content (AvgIpc) is 3.08. The highest BCUT2D eigenvalue weighted by Gasteiger charge is 2.34. The maximum absolute atomic E-state index is 12.7. The van der Waals surface area contributed by atoms with E-state index in [0.29, 0.717) is 30.9 Å². The minimum atomic E-state index is -0.444. The fourth-order valence-electron chi connectivity index (χ4n) is 3.19. The lowest BCUT2D eigenvalue weighted by Gasteiger charge is -2.17. The highest BCUT2D eigenvalue weighted by Crippen LogP contribution is 2.23. The molecule has 0 bridgehead atoms. The number of anilines is 1. The van der Waals surface area contributed by atoms with Crippen molar-refractivity contribution in [2.75, 3.05) is 18.4 Å². The summed E-state index contributed by atoms with van der Waals surface area (Å²) in [6.07, 6.45) is 1.76. The van der Waals surface area contributed by atoms with E-state index in [2.05, 4.69) is 17.2 Å². The molecule has 0 spiro atoms. The van der Waals surface area contributed by atoms with Crippen molar-refractivity contribution in [3.8, 4) is 0 Å². The number of hydrogen-bond acceptors (Lipinski definition) is 3. The summed E-state index contributed by atoms with van der Waals surface area (Å²) in [6, 6.07) is 16.5. The second-order valence-electron chi connectivity index (χ2n) is 6.69. The van der Waals surface area contributed by atoms with Crippen molar-refractivity contribution in [2.45, 2.75) is 13.0 Å². The molecule has 144 valence electrons. The van der Waals surface area contributed by atoms with Crippen LogP contribution < -0.4 is 10.6 Å². The summed E-state index contributed by atoms with van der Waals surface area (Å²) in [4.78, 5) is 39.0. The molecule has 1 aliphatic rings. The normalized spacial score (nSPS) is 15.9. The van der Waals surface area contributed by atoms with Gasteiger partial charge in [0.15, 0.2) is 0 Å². The molecule has 2 N–H and O–H groups in total. The van der Waals surface area contributed by atoms with Gasteiger partial charge in [-0.1, -0.05) is 48.5 Å². The lowest BCUT2D eigenvalue weighted by atomic mass is 10.1. The van der Waals surface area contributed by atoms with E-state index in [-0.39, 0.29) is 24.1 Å². The Balaban J connectivity index is 1.65. The molecule has 1 fully saturated rings. The average molecular weight is 377 g/mol. The van der Waals surface area contributed by atoms with Crippen molar-refractivity contribution >= 4 is 23.4 Å². The van der Waals surface area contributed by atoms with E-state index < -0.39 is 5.92 Å². The molecule has 0 aliphatic carbocycles. The third-order valence-electron chi connectivity index (χ3n) is 4.64. The third-order valence-corrected chi connectivity index (χ3v) is 4.64. The molecule has 1 saturated heterocycles. The molecular formula is C22H23N3O3. The molecular weight excluding hydrogens is 354 g/mol. The van der Waals surface area contributed by atoms with Crippen LogP contribution in [0.3, 0.4) is 0 Å². The Morgan fingerprint density at radius 1 is 1.11 bits per heavy atom. The van der Waals surface area contributed by atoms with E-state index in [1.165, 1.54) is 0 Å². The monoisotopic (exact) mass is 377 g/mol. The summed E-state index contributed by atoms with van der Waals surface area (Å²) in [5.41, 5.74) is 1.84. The van der Waals surface area contributed by atoms with Crippen LogP contribution >= 0.6 is 0 Å². The highest BCUT2D eigenvalue weighted by molar-refractivity contribution is 6.05. The predicted molar refractivity (Wildman–Crippen MR) is 108 cm³/mol. The number of para-hydroxylation sites is 1. The van der Waals surface area contributed by atoms with Crippen LogP contribution in [0.5, 0.6) is 0 Å². The Morgan fingerprint density at radius 3 is 2.57 bits per heavy atom. The molecule has 3 rings (SSSR count). The zero-order chi connectivity index (χ0) is 19.9. The van der Waals surface area contributed by atoms with Gasteiger partial charge in [-0.05, 0) is 17.7 Å². The van der Waals surface area contributed by atoms with Gasteiger partial charge in [-0.3, -0.25) is 14.4 Å². The molecule has 0 saturated carbocycles. The van der Waals surface area contributed by atoms with Crippen molar-refractivity contribution in [3.05, 3.63) is 78.4 Å². The van der Waals surface area contributed by atoms with Gasteiger partial charge in [0.05, 0.1) is 17.2 Å². The number of carbonyl (C=O) groups excluding carboxylic acids is 3. The molecule has 0 aromatic heterocycles. The predicted octanol–water partition coefficient (Wildman–Crippen LogP) is 2.59. The first kappa shape index (κ1) is 19.4. The standard InChI is InChI=1S/C22H23N3O3/c1-2-12-23-22(28)18-10-6-7-11-19(18)24-21(27)17-13-20(26)25(15-17)14-16-8-4-3-5-9-16/h2-11,17H,1,12-15H2,(H,23,28)(H,24,27). The molecule has 1 heterocycles. The molecule has 1 atom stereocenters. The number of carbonyl (C=O) groups is 3. The van der Waals surface area contributed by atoms with Gasteiger partial charge in [-0.2, -0.15) is 0 Å². The second kappa shape index (κ2) is 8.99. The van der Waals surface area contributed by atoms with Crippen molar-refractivity contribution in [1.29, 1.82) is 0 Å². The van der Waals surface area contributed by atoms with Crippen LogP contribution in [0.15, 0.2) is 67.3 Å². The van der Waals surface area contributed by atoms with Gasteiger partial charge in [0, 0.05) is 26.1 Å². The maximum atomic E-state index is 12.7. The summed E-state index contributed by atoms with van der Waals surface area (Å²) in [6.45, 7) is 4.77. The Hall–Kier alpha value is -3.41. The Labute approximate surface area is 164 Å². The Kier molecular flexibility index (Phi) is 6.22.